The summed E-state index contributed by atoms with van der Waals surface area (Å²) in [5.74, 6) is 0.234. The first-order valence-corrected chi connectivity index (χ1v) is 11.1. The van der Waals surface area contributed by atoms with E-state index in [-0.39, 0.29) is 11.3 Å². The molecule has 3 aromatic carbocycles. The summed E-state index contributed by atoms with van der Waals surface area (Å²) in [6.07, 6.45) is 8.31. The van der Waals surface area contributed by atoms with E-state index in [1.165, 1.54) is 46.5 Å². The maximum absolute atomic E-state index is 6.39. The van der Waals surface area contributed by atoms with Crippen molar-refractivity contribution >= 4 is 25.4 Å². The highest BCUT2D eigenvalue weighted by molar-refractivity contribution is 7.39. The zero-order valence-corrected chi connectivity index (χ0v) is 17.1. The van der Waals surface area contributed by atoms with Crippen LogP contribution in [0.25, 0.3) is 16.8 Å². The molecule has 0 N–H and O–H groups in total. The summed E-state index contributed by atoms with van der Waals surface area (Å²) in [7, 11) is 2.63. The predicted octanol–water partition coefficient (Wildman–Crippen LogP) is 6.93. The topological polar surface area (TPSA) is 9.23 Å². The summed E-state index contributed by atoms with van der Waals surface area (Å²) >= 11 is 0. The lowest BCUT2D eigenvalue weighted by atomic mass is 9.81. The largest absolute Gasteiger partial charge is 0.368 e. The van der Waals surface area contributed by atoms with Gasteiger partial charge in [0.25, 0.3) is 0 Å². The van der Waals surface area contributed by atoms with Gasteiger partial charge < -0.3 is 4.74 Å². The van der Waals surface area contributed by atoms with Gasteiger partial charge in [-0.3, -0.25) is 0 Å². The molecule has 0 heterocycles. The van der Waals surface area contributed by atoms with Gasteiger partial charge in [-0.05, 0) is 40.0 Å². The SMILES string of the molecule is CCCCPC1(OC)c2ccccc2C=CC1c1ccc2ccccc2c1. The summed E-state index contributed by atoms with van der Waals surface area (Å²) in [5, 5.41) is 2.31. The van der Waals surface area contributed by atoms with Gasteiger partial charge in [0.1, 0.15) is 5.34 Å². The van der Waals surface area contributed by atoms with Crippen LogP contribution in [-0.4, -0.2) is 13.3 Å². The second-order valence-electron chi connectivity index (χ2n) is 7.25. The molecule has 1 aliphatic carbocycles. The van der Waals surface area contributed by atoms with Gasteiger partial charge in [0.15, 0.2) is 0 Å². The molecule has 0 bridgehead atoms. The summed E-state index contributed by atoms with van der Waals surface area (Å²) in [5.41, 5.74) is 3.97. The minimum absolute atomic E-state index is 0.234. The maximum Gasteiger partial charge on any atom is 0.119 e. The zero-order chi connectivity index (χ0) is 18.7. The molecule has 0 fully saturated rings. The first kappa shape index (κ1) is 18.4. The van der Waals surface area contributed by atoms with Crippen LogP contribution in [0.15, 0.2) is 72.8 Å². The predicted molar refractivity (Wildman–Crippen MR) is 119 cm³/mol. The van der Waals surface area contributed by atoms with Crippen LogP contribution >= 0.6 is 8.58 Å². The van der Waals surface area contributed by atoms with Gasteiger partial charge in [0.05, 0.1) is 0 Å². The Morgan fingerprint density at radius 1 is 0.963 bits per heavy atom. The van der Waals surface area contributed by atoms with Crippen LogP contribution in [-0.2, 0) is 10.1 Å². The Morgan fingerprint density at radius 2 is 1.74 bits per heavy atom. The molecule has 0 aliphatic heterocycles. The quantitative estimate of drug-likeness (QED) is 0.336. The molecule has 1 nitrogen and oxygen atoms in total. The van der Waals surface area contributed by atoms with Crippen LogP contribution in [0.3, 0.4) is 0 Å². The lowest BCUT2D eigenvalue weighted by Crippen LogP contribution is -2.33. The van der Waals surface area contributed by atoms with Crippen molar-refractivity contribution < 1.29 is 4.74 Å². The molecular weight excluding hydrogens is 347 g/mol. The van der Waals surface area contributed by atoms with Crippen LogP contribution in [0.4, 0.5) is 0 Å². The lowest BCUT2D eigenvalue weighted by Gasteiger charge is -2.42. The molecule has 3 unspecified atom stereocenters. The second kappa shape index (κ2) is 7.97. The van der Waals surface area contributed by atoms with E-state index in [0.717, 1.165) is 8.58 Å². The fourth-order valence-corrected chi connectivity index (χ4v) is 6.14. The standard InChI is InChI=1S/C25H27OP/c1-3-4-17-27-25(26-2)23-12-8-7-10-20(23)15-16-24(25)22-14-13-19-9-5-6-11-21(19)18-22/h5-16,18,24,27H,3-4,17H2,1-2H3. The van der Waals surface area contributed by atoms with Crippen LogP contribution < -0.4 is 0 Å². The number of unbranched alkanes of at least 4 members (excludes halogenated alkanes) is 1. The van der Waals surface area contributed by atoms with Crippen molar-refractivity contribution in [2.75, 3.05) is 13.3 Å². The van der Waals surface area contributed by atoms with Gasteiger partial charge in [0, 0.05) is 13.0 Å². The van der Waals surface area contributed by atoms with Crippen molar-refractivity contribution in [3.63, 3.8) is 0 Å². The van der Waals surface area contributed by atoms with Crippen molar-refractivity contribution in [1.82, 2.24) is 0 Å². The average molecular weight is 374 g/mol. The van der Waals surface area contributed by atoms with E-state index in [1.807, 2.05) is 7.11 Å². The molecule has 0 saturated carbocycles. The van der Waals surface area contributed by atoms with Crippen molar-refractivity contribution in [3.05, 3.63) is 89.5 Å². The molecule has 1 aliphatic rings. The molecular formula is C25H27OP. The third kappa shape index (κ3) is 3.35. The number of rotatable bonds is 6. The molecule has 0 saturated heterocycles. The second-order valence-corrected chi connectivity index (χ2v) is 8.85. The molecule has 0 amide bonds. The van der Waals surface area contributed by atoms with E-state index < -0.39 is 0 Å². The highest BCUT2D eigenvalue weighted by Crippen LogP contribution is 2.56. The third-order valence-electron chi connectivity index (χ3n) is 5.64. The van der Waals surface area contributed by atoms with E-state index in [1.54, 1.807) is 0 Å². The Balaban J connectivity index is 1.83. The van der Waals surface area contributed by atoms with E-state index in [9.17, 15) is 0 Å². The molecule has 3 atom stereocenters. The lowest BCUT2D eigenvalue weighted by molar-refractivity contribution is 0.0520. The van der Waals surface area contributed by atoms with E-state index in [0.29, 0.717) is 0 Å². The Labute approximate surface area is 164 Å². The average Bonchev–Trinajstić information content (AvgIpc) is 2.73. The number of methoxy groups -OCH3 is 1. The molecule has 0 spiro atoms. The van der Waals surface area contributed by atoms with Gasteiger partial charge in [-0.25, -0.2) is 0 Å². The normalized spacial score (nSPS) is 21.8. The van der Waals surface area contributed by atoms with Gasteiger partial charge in [-0.1, -0.05) is 101 Å². The Morgan fingerprint density at radius 3 is 2.56 bits per heavy atom. The van der Waals surface area contributed by atoms with Crippen LogP contribution in [0.1, 0.15) is 42.4 Å². The van der Waals surface area contributed by atoms with Gasteiger partial charge in [-0.2, -0.15) is 0 Å². The van der Waals surface area contributed by atoms with Crippen molar-refractivity contribution in [2.45, 2.75) is 31.0 Å². The molecule has 138 valence electrons. The van der Waals surface area contributed by atoms with E-state index >= 15 is 0 Å². The maximum atomic E-state index is 6.39. The first-order chi connectivity index (χ1) is 13.3. The summed E-state index contributed by atoms with van der Waals surface area (Å²) in [4.78, 5) is 0. The monoisotopic (exact) mass is 374 g/mol. The van der Waals surface area contributed by atoms with Crippen LogP contribution in [0.5, 0.6) is 0 Å². The molecule has 27 heavy (non-hydrogen) atoms. The van der Waals surface area contributed by atoms with Crippen LogP contribution in [0, 0.1) is 0 Å². The van der Waals surface area contributed by atoms with Gasteiger partial charge in [-0.15, -0.1) is 0 Å². The van der Waals surface area contributed by atoms with Gasteiger partial charge >= 0.3 is 0 Å². The number of benzene rings is 3. The van der Waals surface area contributed by atoms with Gasteiger partial charge in [0.2, 0.25) is 0 Å². The van der Waals surface area contributed by atoms with Crippen molar-refractivity contribution in [2.24, 2.45) is 0 Å². The highest BCUT2D eigenvalue weighted by atomic mass is 31.1. The Bertz CT molecular complexity index is 961. The van der Waals surface area contributed by atoms with E-state index in [2.05, 4.69) is 85.8 Å². The molecule has 0 radical (unpaired) electrons. The van der Waals surface area contributed by atoms with Crippen molar-refractivity contribution in [3.8, 4) is 0 Å². The summed E-state index contributed by atoms with van der Waals surface area (Å²) < 4.78 is 6.39. The minimum atomic E-state index is -0.275. The van der Waals surface area contributed by atoms with Crippen molar-refractivity contribution in [1.29, 1.82) is 0 Å². The number of hydrogen-bond donors (Lipinski definition) is 0. The molecule has 0 aromatic heterocycles. The Kier molecular flexibility index (Phi) is 5.43. The third-order valence-corrected chi connectivity index (χ3v) is 7.55. The highest BCUT2D eigenvalue weighted by Gasteiger charge is 2.43. The first-order valence-electron chi connectivity index (χ1n) is 9.85. The minimum Gasteiger partial charge on any atom is -0.368 e. The number of ether oxygens (including phenoxy) is 1. The van der Waals surface area contributed by atoms with Crippen LogP contribution in [0.2, 0.25) is 0 Å². The molecule has 3 aromatic rings. The fourth-order valence-electron chi connectivity index (χ4n) is 4.20. The fraction of sp³-hybridized carbons (Fsp3) is 0.280. The molecule has 4 rings (SSSR count). The smallest absolute Gasteiger partial charge is 0.119 e. The summed E-state index contributed by atoms with van der Waals surface area (Å²) in [6.45, 7) is 2.26. The molecule has 2 heteroatoms. The number of fused-ring (bicyclic) bond motifs is 2. The summed E-state index contributed by atoms with van der Waals surface area (Å²) in [6, 6.07) is 24.2. The number of hydrogen-bond acceptors (Lipinski definition) is 1. The van der Waals surface area contributed by atoms with E-state index in [4.69, 9.17) is 4.74 Å². The Hall–Kier alpha value is -1.95. The zero-order valence-electron chi connectivity index (χ0n) is 16.1.